The van der Waals surface area contributed by atoms with Crippen molar-refractivity contribution in [2.45, 2.75) is 70.9 Å². The van der Waals surface area contributed by atoms with Crippen molar-refractivity contribution in [2.24, 2.45) is 0 Å². The highest BCUT2D eigenvalue weighted by molar-refractivity contribution is 5.75. The van der Waals surface area contributed by atoms with E-state index >= 15 is 0 Å². The van der Waals surface area contributed by atoms with Crippen molar-refractivity contribution < 1.29 is 19.0 Å². The molecule has 1 aliphatic heterocycles. The van der Waals surface area contributed by atoms with Crippen molar-refractivity contribution >= 4 is 5.97 Å². The van der Waals surface area contributed by atoms with Crippen LogP contribution in [-0.4, -0.2) is 50.1 Å². The van der Waals surface area contributed by atoms with Crippen LogP contribution in [0.15, 0.2) is 0 Å². The first-order valence-electron chi connectivity index (χ1n) is 7.03. The maximum Gasteiger partial charge on any atom is 0.325 e. The molecular formula is C14H27NO4. The highest BCUT2D eigenvalue weighted by Crippen LogP contribution is 2.21. The molecule has 1 fully saturated rings. The van der Waals surface area contributed by atoms with E-state index in [9.17, 15) is 4.79 Å². The van der Waals surface area contributed by atoms with Gasteiger partial charge in [0, 0.05) is 6.04 Å². The monoisotopic (exact) mass is 273 g/mol. The van der Waals surface area contributed by atoms with Crippen LogP contribution in [0, 0.1) is 0 Å². The Hall–Kier alpha value is -0.650. The number of carbonyl (C=O) groups excluding carboxylic acids is 1. The summed E-state index contributed by atoms with van der Waals surface area (Å²) in [6.07, 6.45) is 2.33. The van der Waals surface area contributed by atoms with E-state index in [1.807, 2.05) is 13.8 Å². The lowest BCUT2D eigenvalue weighted by atomic mass is 10.0. The van der Waals surface area contributed by atoms with Crippen LogP contribution in [-0.2, 0) is 19.0 Å². The molecule has 0 radical (unpaired) electrons. The molecule has 19 heavy (non-hydrogen) atoms. The number of carbonyl (C=O) groups is 1. The molecule has 0 aliphatic carbocycles. The Bertz CT molecular complexity index is 273. The highest BCUT2D eigenvalue weighted by Gasteiger charge is 2.27. The van der Waals surface area contributed by atoms with E-state index in [4.69, 9.17) is 14.2 Å². The van der Waals surface area contributed by atoms with Crippen molar-refractivity contribution in [3.05, 3.63) is 0 Å². The standard InChI is InChI=1S/C14H27NO4/c1-9(2)15-13(14(16)17-5)8-18-12-6-10(3)19-11(4)7-12/h9-13,15H,6-8H2,1-5H3. The fourth-order valence-electron chi connectivity index (χ4n) is 2.44. The second-order valence-corrected chi connectivity index (χ2v) is 5.58. The molecular weight excluding hydrogens is 246 g/mol. The molecule has 0 aromatic heterocycles. The van der Waals surface area contributed by atoms with Gasteiger partial charge < -0.3 is 19.5 Å². The second-order valence-electron chi connectivity index (χ2n) is 5.58. The Balaban J connectivity index is 2.44. The second kappa shape index (κ2) is 7.82. The molecule has 0 saturated carbocycles. The molecule has 0 aromatic rings. The van der Waals surface area contributed by atoms with Crippen LogP contribution in [0.25, 0.3) is 0 Å². The molecule has 1 heterocycles. The Morgan fingerprint density at radius 1 is 1.32 bits per heavy atom. The molecule has 5 nitrogen and oxygen atoms in total. The summed E-state index contributed by atoms with van der Waals surface area (Å²) in [6.45, 7) is 8.43. The van der Waals surface area contributed by atoms with Crippen molar-refractivity contribution in [2.75, 3.05) is 13.7 Å². The number of ether oxygens (including phenoxy) is 3. The van der Waals surface area contributed by atoms with Crippen LogP contribution in [0.3, 0.4) is 0 Å². The summed E-state index contributed by atoms with van der Waals surface area (Å²) in [5, 5.41) is 3.16. The highest BCUT2D eigenvalue weighted by atomic mass is 16.5. The summed E-state index contributed by atoms with van der Waals surface area (Å²) in [6, 6.07) is -0.196. The zero-order valence-corrected chi connectivity index (χ0v) is 12.6. The summed E-state index contributed by atoms with van der Waals surface area (Å²) in [7, 11) is 1.40. The number of hydrogen-bond donors (Lipinski definition) is 1. The molecule has 3 unspecified atom stereocenters. The van der Waals surface area contributed by atoms with E-state index in [-0.39, 0.29) is 30.3 Å². The van der Waals surface area contributed by atoms with Crippen LogP contribution in [0.2, 0.25) is 0 Å². The molecule has 1 aliphatic rings. The lowest BCUT2D eigenvalue weighted by Gasteiger charge is -2.32. The number of nitrogens with one attached hydrogen (secondary N) is 1. The van der Waals surface area contributed by atoms with Crippen molar-refractivity contribution in [3.8, 4) is 0 Å². The van der Waals surface area contributed by atoms with Gasteiger partial charge in [-0.15, -0.1) is 0 Å². The van der Waals surface area contributed by atoms with Crippen LogP contribution < -0.4 is 5.32 Å². The number of methoxy groups -OCH3 is 1. The minimum absolute atomic E-state index is 0.153. The van der Waals surface area contributed by atoms with Gasteiger partial charge in [-0.1, -0.05) is 13.8 Å². The average molecular weight is 273 g/mol. The van der Waals surface area contributed by atoms with E-state index in [0.717, 1.165) is 12.8 Å². The fourth-order valence-corrected chi connectivity index (χ4v) is 2.44. The topological polar surface area (TPSA) is 56.8 Å². The molecule has 0 spiro atoms. The van der Waals surface area contributed by atoms with Gasteiger partial charge in [0.25, 0.3) is 0 Å². The maximum absolute atomic E-state index is 11.7. The average Bonchev–Trinajstić information content (AvgIpc) is 2.31. The molecule has 3 atom stereocenters. The van der Waals surface area contributed by atoms with E-state index in [2.05, 4.69) is 19.2 Å². The fraction of sp³-hybridized carbons (Fsp3) is 0.929. The van der Waals surface area contributed by atoms with Gasteiger partial charge in [-0.05, 0) is 26.7 Å². The lowest BCUT2D eigenvalue weighted by molar-refractivity contribution is -0.148. The summed E-state index contributed by atoms with van der Waals surface area (Å²) < 4.78 is 16.3. The third-order valence-electron chi connectivity index (χ3n) is 3.17. The molecule has 5 heteroatoms. The molecule has 0 amide bonds. The molecule has 112 valence electrons. The third kappa shape index (κ3) is 5.89. The summed E-state index contributed by atoms with van der Waals surface area (Å²) >= 11 is 0. The first-order chi connectivity index (χ1) is 8.92. The first-order valence-corrected chi connectivity index (χ1v) is 7.03. The van der Waals surface area contributed by atoms with Gasteiger partial charge in [0.1, 0.15) is 6.04 Å². The van der Waals surface area contributed by atoms with Gasteiger partial charge >= 0.3 is 5.97 Å². The van der Waals surface area contributed by atoms with E-state index in [1.165, 1.54) is 7.11 Å². The number of rotatable bonds is 6. The minimum Gasteiger partial charge on any atom is -0.468 e. The van der Waals surface area contributed by atoms with Crippen molar-refractivity contribution in [3.63, 3.8) is 0 Å². The first kappa shape index (κ1) is 16.4. The minimum atomic E-state index is -0.404. The van der Waals surface area contributed by atoms with Crippen molar-refractivity contribution in [1.29, 1.82) is 0 Å². The number of hydrogen-bond acceptors (Lipinski definition) is 5. The van der Waals surface area contributed by atoms with Crippen LogP contribution in [0.4, 0.5) is 0 Å². The summed E-state index contributed by atoms with van der Waals surface area (Å²) in [5.41, 5.74) is 0. The SMILES string of the molecule is COC(=O)C(COC1CC(C)OC(C)C1)NC(C)C. The summed E-state index contributed by atoms with van der Waals surface area (Å²) in [4.78, 5) is 11.7. The smallest absolute Gasteiger partial charge is 0.325 e. The normalized spacial score (nSPS) is 29.3. The third-order valence-corrected chi connectivity index (χ3v) is 3.17. The van der Waals surface area contributed by atoms with E-state index < -0.39 is 6.04 Å². The largest absolute Gasteiger partial charge is 0.468 e. The number of esters is 1. The predicted molar refractivity (Wildman–Crippen MR) is 73.1 cm³/mol. The summed E-state index contributed by atoms with van der Waals surface area (Å²) in [5.74, 6) is -0.276. The van der Waals surface area contributed by atoms with Crippen LogP contribution >= 0.6 is 0 Å². The zero-order chi connectivity index (χ0) is 14.4. The Kier molecular flexibility index (Phi) is 6.75. The van der Waals surface area contributed by atoms with E-state index in [0.29, 0.717) is 6.61 Å². The quantitative estimate of drug-likeness (QED) is 0.743. The molecule has 0 aromatic carbocycles. The van der Waals surface area contributed by atoms with Crippen LogP contribution in [0.1, 0.15) is 40.5 Å². The molecule has 1 N–H and O–H groups in total. The van der Waals surface area contributed by atoms with Gasteiger partial charge in [-0.2, -0.15) is 0 Å². The molecule has 1 rings (SSSR count). The Labute approximate surface area is 116 Å². The van der Waals surface area contributed by atoms with Crippen molar-refractivity contribution in [1.82, 2.24) is 5.32 Å². The Morgan fingerprint density at radius 3 is 2.37 bits per heavy atom. The van der Waals surface area contributed by atoms with Crippen LogP contribution in [0.5, 0.6) is 0 Å². The van der Waals surface area contributed by atoms with Gasteiger partial charge in [-0.3, -0.25) is 4.79 Å². The van der Waals surface area contributed by atoms with Gasteiger partial charge in [-0.25, -0.2) is 0 Å². The lowest BCUT2D eigenvalue weighted by Crippen LogP contribution is -2.46. The van der Waals surface area contributed by atoms with Gasteiger partial charge in [0.2, 0.25) is 0 Å². The predicted octanol–water partition coefficient (Wildman–Crippen LogP) is 1.50. The molecule has 0 bridgehead atoms. The zero-order valence-electron chi connectivity index (χ0n) is 12.6. The van der Waals surface area contributed by atoms with Gasteiger partial charge in [0.05, 0.1) is 32.0 Å². The maximum atomic E-state index is 11.7. The molecule has 1 saturated heterocycles. The van der Waals surface area contributed by atoms with E-state index in [1.54, 1.807) is 0 Å². The van der Waals surface area contributed by atoms with Gasteiger partial charge in [0.15, 0.2) is 0 Å². The Morgan fingerprint density at radius 2 is 1.89 bits per heavy atom.